The smallest absolute Gasteiger partial charge is 0.303 e. The van der Waals surface area contributed by atoms with Gasteiger partial charge in [0, 0.05) is 6.42 Å². The summed E-state index contributed by atoms with van der Waals surface area (Å²) < 4.78 is 141. The van der Waals surface area contributed by atoms with Crippen LogP contribution in [-0.2, 0) is 45.3 Å². The van der Waals surface area contributed by atoms with Crippen LogP contribution in [0.15, 0.2) is 0 Å². The second-order valence-corrected chi connectivity index (χ2v) is 25.0. The molecule has 4 aliphatic rings. The molecule has 4 saturated carbocycles. The summed E-state index contributed by atoms with van der Waals surface area (Å²) in [6.07, 6.45) is 4.92. The lowest BCUT2D eigenvalue weighted by Crippen LogP contribution is -2.53. The lowest BCUT2D eigenvalue weighted by molar-refractivity contribution is -0.137. The molecular formula is C31H55O14PS4. The fourth-order valence-electron chi connectivity index (χ4n) is 11.1. The Labute approximate surface area is 299 Å². The molecule has 292 valence electrons. The second-order valence-electron chi connectivity index (χ2n) is 15.3. The molecule has 8 unspecified atom stereocenters. The molecule has 4 fully saturated rings. The summed E-state index contributed by atoms with van der Waals surface area (Å²) in [5.41, 5.74) is 0. The van der Waals surface area contributed by atoms with Gasteiger partial charge in [-0.15, -0.1) is 0 Å². The predicted octanol–water partition coefficient (Wildman–Crippen LogP) is 5.25. The Morgan fingerprint density at radius 3 is 1.02 bits per heavy atom. The van der Waals surface area contributed by atoms with Crippen LogP contribution in [0.2, 0.25) is 0 Å². The van der Waals surface area contributed by atoms with Crippen molar-refractivity contribution in [1.29, 1.82) is 0 Å². The molecule has 19 heteroatoms. The summed E-state index contributed by atoms with van der Waals surface area (Å²) in [5.74, 6) is -2.26. The molecule has 50 heavy (non-hydrogen) atoms. The van der Waals surface area contributed by atoms with Crippen molar-refractivity contribution in [3.8, 4) is 0 Å². The average molecular weight is 811 g/mol. The van der Waals surface area contributed by atoms with Crippen LogP contribution in [0.3, 0.4) is 0 Å². The molecule has 0 aromatic carbocycles. The highest BCUT2D eigenvalue weighted by Crippen LogP contribution is 2.77. The first kappa shape index (κ1) is 42.3. The average Bonchev–Trinajstić information content (AvgIpc) is 3.81. The number of rotatable bonds is 17. The van der Waals surface area contributed by atoms with Crippen LogP contribution in [0.1, 0.15) is 123 Å². The summed E-state index contributed by atoms with van der Waals surface area (Å²) in [7, 11) is -19.1. The van der Waals surface area contributed by atoms with Gasteiger partial charge in [-0.3, -0.25) is 23.0 Å². The minimum Gasteiger partial charge on any atom is -0.481 e. The monoisotopic (exact) mass is 810 g/mol. The summed E-state index contributed by atoms with van der Waals surface area (Å²) in [5, 5.41) is 3.80. The van der Waals surface area contributed by atoms with E-state index in [0.717, 1.165) is 0 Å². The van der Waals surface area contributed by atoms with Crippen LogP contribution < -0.4 is 0 Å². The number of carbonyl (C=O) groups is 1. The number of hydrogen-bond acceptors (Lipinski definition) is 9. The molecule has 0 amide bonds. The van der Waals surface area contributed by atoms with Crippen molar-refractivity contribution < 1.29 is 61.8 Å². The first-order chi connectivity index (χ1) is 23.0. The van der Waals surface area contributed by atoms with E-state index in [4.69, 9.17) is 0 Å². The van der Waals surface area contributed by atoms with E-state index in [2.05, 4.69) is 0 Å². The quantitative estimate of drug-likeness (QED) is 0.0715. The largest absolute Gasteiger partial charge is 0.481 e. The minimum absolute atomic E-state index is 0.105. The topological polar surface area (TPSA) is 255 Å². The van der Waals surface area contributed by atoms with E-state index < -0.39 is 85.7 Å². The third-order valence-corrected chi connectivity index (χ3v) is 23.2. The zero-order chi connectivity index (χ0) is 37.5. The molecule has 0 spiro atoms. The van der Waals surface area contributed by atoms with Crippen molar-refractivity contribution in [1.82, 2.24) is 0 Å². The van der Waals surface area contributed by atoms with E-state index in [1.165, 1.54) is 0 Å². The highest BCUT2D eigenvalue weighted by atomic mass is 32.2. The fourth-order valence-corrected chi connectivity index (χ4v) is 20.3. The van der Waals surface area contributed by atoms with E-state index in [-0.39, 0.29) is 81.5 Å². The molecule has 5 N–H and O–H groups in total. The van der Waals surface area contributed by atoms with Crippen LogP contribution in [0, 0.1) is 23.7 Å². The van der Waals surface area contributed by atoms with Gasteiger partial charge < -0.3 is 5.11 Å². The second kappa shape index (κ2) is 15.7. The van der Waals surface area contributed by atoms with Gasteiger partial charge in [0.1, 0.15) is 0 Å². The molecule has 0 saturated heterocycles. The lowest BCUT2D eigenvalue weighted by Gasteiger charge is -2.61. The van der Waals surface area contributed by atoms with Gasteiger partial charge in [0.25, 0.3) is 40.5 Å². The van der Waals surface area contributed by atoms with Gasteiger partial charge >= 0.3 is 5.97 Å². The highest BCUT2D eigenvalue weighted by molar-refractivity contribution is 7.87. The van der Waals surface area contributed by atoms with Crippen LogP contribution in [0.25, 0.3) is 0 Å². The molecule has 8 atom stereocenters. The van der Waals surface area contributed by atoms with Gasteiger partial charge in [-0.2, -0.15) is 33.7 Å². The number of carboxylic acid groups (broad SMARTS) is 1. The third kappa shape index (κ3) is 8.74. The maximum atomic E-state index is 12.5. The molecule has 4 rings (SSSR count). The van der Waals surface area contributed by atoms with E-state index in [9.17, 15) is 61.8 Å². The fraction of sp³-hybridized carbons (Fsp3) is 0.968. The minimum atomic E-state index is -4.42. The van der Waals surface area contributed by atoms with Crippen molar-refractivity contribution in [3.05, 3.63) is 0 Å². The molecule has 0 heterocycles. The summed E-state index contributed by atoms with van der Waals surface area (Å²) >= 11 is 0. The maximum Gasteiger partial charge on any atom is 0.303 e. The molecule has 14 nitrogen and oxygen atoms in total. The van der Waals surface area contributed by atoms with Gasteiger partial charge in [-0.25, -0.2) is 0 Å². The van der Waals surface area contributed by atoms with Crippen molar-refractivity contribution in [2.75, 3.05) is 6.16 Å². The van der Waals surface area contributed by atoms with Crippen molar-refractivity contribution in [2.24, 2.45) is 23.7 Å². The van der Waals surface area contributed by atoms with Crippen LogP contribution >= 0.6 is 7.92 Å². The molecule has 0 aromatic rings. The normalized spacial score (nSPS) is 34.4. The summed E-state index contributed by atoms with van der Waals surface area (Å²) in [6, 6.07) is 0. The van der Waals surface area contributed by atoms with E-state index >= 15 is 0 Å². The van der Waals surface area contributed by atoms with Crippen LogP contribution in [-0.4, -0.2) is 100 Å². The van der Waals surface area contributed by atoms with Gasteiger partial charge in [-0.05, 0) is 143 Å². The first-order valence-corrected chi connectivity index (χ1v) is 25.4. The zero-order valence-corrected chi connectivity index (χ0v) is 33.0. The number of hydrogen-bond donors (Lipinski definition) is 5. The van der Waals surface area contributed by atoms with Crippen LogP contribution in [0.5, 0.6) is 0 Å². The van der Waals surface area contributed by atoms with Gasteiger partial charge in [0.05, 0.1) is 21.0 Å². The summed E-state index contributed by atoms with van der Waals surface area (Å²) in [6.45, 7) is 3.94. The van der Waals surface area contributed by atoms with E-state index in [0.29, 0.717) is 57.5 Å². The van der Waals surface area contributed by atoms with Crippen molar-refractivity contribution in [2.45, 2.75) is 154 Å². The van der Waals surface area contributed by atoms with Crippen molar-refractivity contribution in [3.63, 3.8) is 0 Å². The molecule has 0 aliphatic heterocycles. The Morgan fingerprint density at radius 1 is 0.540 bits per heavy atom. The number of aliphatic carboxylic acids is 1. The molecule has 4 aliphatic carbocycles. The Hall–Kier alpha value is -0.460. The number of carboxylic acids is 1. The van der Waals surface area contributed by atoms with E-state index in [1.54, 1.807) is 0 Å². The third-order valence-electron chi connectivity index (χ3n) is 13.2. The standard InChI is InChI=1S/C31H55O14PS4/c1-3-30(21-8-12-25(17-21)47(34,35)36,22-9-13-26(18-22)48(37,38)39)46(16-6-5-7-29(32)33)31(4-2,23-10-14-27(19-23)49(40,41)42)24-11-15-28(20-24)50(43,44)45/h21-28H,3-20H2,1-2H3,(H,32,33)(H,34,35,36)(H,37,38,39)(H,40,41,42)(H,43,44,45). The summed E-state index contributed by atoms with van der Waals surface area (Å²) in [4.78, 5) is 11.6. The molecular weight excluding hydrogens is 756 g/mol. The Kier molecular flexibility index (Phi) is 13.3. The van der Waals surface area contributed by atoms with Crippen LogP contribution in [0.4, 0.5) is 0 Å². The zero-order valence-electron chi connectivity index (χ0n) is 28.8. The maximum absolute atomic E-state index is 12.5. The van der Waals surface area contributed by atoms with Gasteiger partial charge in [0.2, 0.25) is 0 Å². The van der Waals surface area contributed by atoms with E-state index in [1.807, 2.05) is 13.8 Å². The van der Waals surface area contributed by atoms with Gasteiger partial charge in [-0.1, -0.05) is 21.8 Å². The SMILES string of the molecule is CCC(C1CCC(S(=O)(=O)O)C1)(C1CCC(S(=O)(=O)O)C1)P(CCCCC(=O)O)C(CC)(C1CCC(S(=O)(=O)O)C1)C1CCC(S(=O)(=O)O)C1. The molecule has 0 aromatic heterocycles. The molecule has 0 bridgehead atoms. The lowest BCUT2D eigenvalue weighted by atomic mass is 9.75. The number of unbranched alkanes of at least 4 members (excludes halogenated alkanes) is 1. The first-order valence-electron chi connectivity index (χ1n) is 17.9. The Bertz CT molecular complexity index is 1450. The Balaban J connectivity index is 1.98. The Morgan fingerprint density at radius 2 is 0.820 bits per heavy atom. The molecule has 0 radical (unpaired) electrons. The predicted molar refractivity (Wildman–Crippen MR) is 190 cm³/mol. The highest BCUT2D eigenvalue weighted by Gasteiger charge is 2.64. The van der Waals surface area contributed by atoms with Gasteiger partial charge in [0.15, 0.2) is 0 Å². The van der Waals surface area contributed by atoms with Crippen molar-refractivity contribution >= 4 is 54.4 Å².